The summed E-state index contributed by atoms with van der Waals surface area (Å²) < 4.78 is 20.9. The molecule has 0 atom stereocenters. The van der Waals surface area contributed by atoms with Gasteiger partial charge in [-0.05, 0) is 24.1 Å². The number of hydrogen-bond donors (Lipinski definition) is 1. The van der Waals surface area contributed by atoms with Crippen LogP contribution in [-0.2, 0) is 27.3 Å². The quantitative estimate of drug-likeness (QED) is 0.666. The fourth-order valence-electron chi connectivity index (χ4n) is 2.64. The molecule has 0 unspecified atom stereocenters. The molecule has 150 valence electrons. The molecular formula is C21H25NO6. The lowest BCUT2D eigenvalue weighted by Gasteiger charge is -2.14. The van der Waals surface area contributed by atoms with Crippen molar-refractivity contribution in [3.8, 4) is 17.2 Å². The maximum absolute atomic E-state index is 12.0. The molecule has 2 rings (SSSR count). The Kier molecular flexibility index (Phi) is 7.68. The average Bonchev–Trinajstić information content (AvgIpc) is 2.71. The van der Waals surface area contributed by atoms with Gasteiger partial charge in [-0.3, -0.25) is 9.59 Å². The van der Waals surface area contributed by atoms with Crippen LogP contribution in [0.25, 0.3) is 0 Å². The molecule has 0 saturated carbocycles. The van der Waals surface area contributed by atoms with Crippen molar-refractivity contribution in [1.82, 2.24) is 5.32 Å². The molecule has 0 spiro atoms. The number of rotatable bonds is 9. The lowest BCUT2D eigenvalue weighted by molar-refractivity contribution is -0.147. The van der Waals surface area contributed by atoms with Crippen molar-refractivity contribution in [3.63, 3.8) is 0 Å². The smallest absolute Gasteiger partial charge is 0.310 e. The van der Waals surface area contributed by atoms with E-state index in [4.69, 9.17) is 18.9 Å². The number of aryl methyl sites for hydroxylation is 1. The second-order valence-electron chi connectivity index (χ2n) is 6.06. The summed E-state index contributed by atoms with van der Waals surface area (Å²) in [6.07, 6.45) is 0.128. The summed E-state index contributed by atoms with van der Waals surface area (Å²) >= 11 is 0. The van der Waals surface area contributed by atoms with Crippen LogP contribution in [-0.4, -0.2) is 39.8 Å². The van der Waals surface area contributed by atoms with Crippen molar-refractivity contribution in [2.75, 3.05) is 27.9 Å². The molecule has 7 heteroatoms. The fourth-order valence-corrected chi connectivity index (χ4v) is 2.64. The summed E-state index contributed by atoms with van der Waals surface area (Å²) in [6.45, 7) is 1.77. The number of carbonyl (C=O) groups excluding carboxylic acids is 2. The van der Waals surface area contributed by atoms with Gasteiger partial charge >= 0.3 is 5.97 Å². The molecule has 0 heterocycles. The van der Waals surface area contributed by atoms with E-state index < -0.39 is 11.9 Å². The Labute approximate surface area is 164 Å². The van der Waals surface area contributed by atoms with E-state index in [2.05, 4.69) is 5.32 Å². The normalized spacial score (nSPS) is 10.1. The van der Waals surface area contributed by atoms with Crippen LogP contribution in [0.5, 0.6) is 17.2 Å². The predicted molar refractivity (Wildman–Crippen MR) is 104 cm³/mol. The van der Waals surface area contributed by atoms with Crippen LogP contribution >= 0.6 is 0 Å². The first-order valence-electron chi connectivity index (χ1n) is 8.74. The van der Waals surface area contributed by atoms with Crippen LogP contribution in [0.3, 0.4) is 0 Å². The SMILES string of the molecule is COc1cc(OC)c(OC)cc1CNC(=O)COC(=O)Cc1ccccc1C. The Morgan fingerprint density at radius 3 is 2.18 bits per heavy atom. The van der Waals surface area contributed by atoms with Crippen LogP contribution in [0, 0.1) is 6.92 Å². The molecule has 2 aromatic rings. The van der Waals surface area contributed by atoms with Gasteiger partial charge in [0.25, 0.3) is 5.91 Å². The first-order chi connectivity index (χ1) is 13.5. The lowest BCUT2D eigenvalue weighted by atomic mass is 10.1. The molecular weight excluding hydrogens is 362 g/mol. The van der Waals surface area contributed by atoms with Gasteiger partial charge < -0.3 is 24.3 Å². The minimum Gasteiger partial charge on any atom is -0.496 e. The monoisotopic (exact) mass is 387 g/mol. The molecule has 0 saturated heterocycles. The number of carbonyl (C=O) groups is 2. The van der Waals surface area contributed by atoms with E-state index in [0.717, 1.165) is 11.1 Å². The molecule has 0 aliphatic carbocycles. The minimum absolute atomic E-state index is 0.128. The molecule has 0 aliphatic rings. The van der Waals surface area contributed by atoms with E-state index in [1.54, 1.807) is 12.1 Å². The second-order valence-corrected chi connectivity index (χ2v) is 6.06. The van der Waals surface area contributed by atoms with E-state index in [9.17, 15) is 9.59 Å². The van der Waals surface area contributed by atoms with Crippen LogP contribution in [0.2, 0.25) is 0 Å². The van der Waals surface area contributed by atoms with Gasteiger partial charge in [-0.1, -0.05) is 24.3 Å². The third kappa shape index (κ3) is 5.64. The highest BCUT2D eigenvalue weighted by Gasteiger charge is 2.14. The fraction of sp³-hybridized carbons (Fsp3) is 0.333. The molecule has 28 heavy (non-hydrogen) atoms. The van der Waals surface area contributed by atoms with Gasteiger partial charge in [-0.25, -0.2) is 0 Å². The molecule has 1 N–H and O–H groups in total. The molecule has 1 amide bonds. The van der Waals surface area contributed by atoms with Crippen LogP contribution in [0.15, 0.2) is 36.4 Å². The van der Waals surface area contributed by atoms with Gasteiger partial charge in [0.2, 0.25) is 0 Å². The molecule has 0 radical (unpaired) electrons. The Balaban J connectivity index is 1.88. The predicted octanol–water partition coefficient (Wildman–Crippen LogP) is 2.42. The number of methoxy groups -OCH3 is 3. The number of ether oxygens (including phenoxy) is 4. The van der Waals surface area contributed by atoms with Gasteiger partial charge in [0, 0.05) is 18.2 Å². The number of amides is 1. The van der Waals surface area contributed by atoms with Crippen LogP contribution in [0.4, 0.5) is 0 Å². The summed E-state index contributed by atoms with van der Waals surface area (Å²) in [7, 11) is 4.59. The van der Waals surface area contributed by atoms with Crippen molar-refractivity contribution in [2.45, 2.75) is 19.9 Å². The average molecular weight is 387 g/mol. The molecule has 0 bridgehead atoms. The van der Waals surface area contributed by atoms with Gasteiger partial charge in [-0.15, -0.1) is 0 Å². The van der Waals surface area contributed by atoms with E-state index >= 15 is 0 Å². The van der Waals surface area contributed by atoms with E-state index in [1.807, 2.05) is 31.2 Å². The zero-order valence-corrected chi connectivity index (χ0v) is 16.5. The Hall–Kier alpha value is -3.22. The van der Waals surface area contributed by atoms with Crippen molar-refractivity contribution >= 4 is 11.9 Å². The largest absolute Gasteiger partial charge is 0.496 e. The Bertz CT molecular complexity index is 834. The maximum Gasteiger partial charge on any atom is 0.310 e. The van der Waals surface area contributed by atoms with Gasteiger partial charge in [0.1, 0.15) is 5.75 Å². The Morgan fingerprint density at radius 2 is 1.54 bits per heavy atom. The molecule has 0 fully saturated rings. The van der Waals surface area contributed by atoms with Crippen molar-refractivity contribution < 1.29 is 28.5 Å². The van der Waals surface area contributed by atoms with E-state index in [0.29, 0.717) is 22.8 Å². The minimum atomic E-state index is -0.451. The summed E-state index contributed by atoms with van der Waals surface area (Å²) in [5.74, 6) is 0.745. The summed E-state index contributed by atoms with van der Waals surface area (Å²) in [5.41, 5.74) is 2.59. The third-order valence-corrected chi connectivity index (χ3v) is 4.22. The molecule has 0 aliphatic heterocycles. The van der Waals surface area contributed by atoms with E-state index in [-0.39, 0.29) is 19.6 Å². The Morgan fingerprint density at radius 1 is 0.893 bits per heavy atom. The zero-order valence-electron chi connectivity index (χ0n) is 16.5. The maximum atomic E-state index is 12.0. The molecule has 2 aromatic carbocycles. The summed E-state index contributed by atoms with van der Waals surface area (Å²) in [5, 5.41) is 2.70. The first kappa shape index (κ1) is 21.1. The van der Waals surface area contributed by atoms with Crippen molar-refractivity contribution in [2.24, 2.45) is 0 Å². The van der Waals surface area contributed by atoms with Crippen LogP contribution in [0.1, 0.15) is 16.7 Å². The number of esters is 1. The third-order valence-electron chi connectivity index (χ3n) is 4.22. The van der Waals surface area contributed by atoms with Gasteiger partial charge in [0.15, 0.2) is 18.1 Å². The number of hydrogen-bond acceptors (Lipinski definition) is 6. The first-order valence-corrected chi connectivity index (χ1v) is 8.74. The van der Waals surface area contributed by atoms with E-state index in [1.165, 1.54) is 21.3 Å². The molecule has 0 aromatic heterocycles. The van der Waals surface area contributed by atoms with Crippen LogP contribution < -0.4 is 19.5 Å². The zero-order chi connectivity index (χ0) is 20.5. The van der Waals surface area contributed by atoms with Gasteiger partial charge in [-0.2, -0.15) is 0 Å². The lowest BCUT2D eigenvalue weighted by Crippen LogP contribution is -2.29. The second kappa shape index (κ2) is 10.2. The topological polar surface area (TPSA) is 83.1 Å². The summed E-state index contributed by atoms with van der Waals surface area (Å²) in [4.78, 5) is 24.0. The van der Waals surface area contributed by atoms with Crippen molar-refractivity contribution in [1.29, 1.82) is 0 Å². The highest BCUT2D eigenvalue weighted by atomic mass is 16.5. The highest BCUT2D eigenvalue weighted by Crippen LogP contribution is 2.34. The number of benzene rings is 2. The molecule has 7 nitrogen and oxygen atoms in total. The van der Waals surface area contributed by atoms with Gasteiger partial charge in [0.05, 0.1) is 27.8 Å². The highest BCUT2D eigenvalue weighted by molar-refractivity contribution is 5.81. The van der Waals surface area contributed by atoms with Crippen molar-refractivity contribution in [3.05, 3.63) is 53.1 Å². The summed E-state index contributed by atoms with van der Waals surface area (Å²) in [6, 6.07) is 11.0. The number of nitrogens with one attached hydrogen (secondary N) is 1. The standard InChI is InChI=1S/C21H25NO6/c1-14-7-5-6-8-15(14)10-21(24)28-13-20(23)22-12-16-9-18(26-3)19(27-4)11-17(16)25-2/h5-9,11H,10,12-13H2,1-4H3,(H,22,23).